The lowest BCUT2D eigenvalue weighted by atomic mass is 10.2. The first-order chi connectivity index (χ1) is 10.3. The van der Waals surface area contributed by atoms with E-state index in [1.165, 1.54) is 19.2 Å². The molecule has 1 aliphatic heterocycles. The largest absolute Gasteiger partial charge is 0.339 e. The second kappa shape index (κ2) is 8.05. The molecule has 0 unspecified atom stereocenters. The lowest BCUT2D eigenvalue weighted by Crippen LogP contribution is -2.49. The molecule has 0 aliphatic carbocycles. The topological polar surface area (TPSA) is 69.7 Å². The summed E-state index contributed by atoms with van der Waals surface area (Å²) in [4.78, 5) is 13.6. The fourth-order valence-corrected chi connectivity index (χ4v) is 3.34. The molecular formula is C14H21ClFN3O3S. The molecule has 0 bridgehead atoms. The van der Waals surface area contributed by atoms with Crippen molar-refractivity contribution in [3.05, 3.63) is 29.6 Å². The summed E-state index contributed by atoms with van der Waals surface area (Å²) >= 11 is 0. The molecule has 1 N–H and O–H groups in total. The number of rotatable bonds is 4. The van der Waals surface area contributed by atoms with Gasteiger partial charge in [0.1, 0.15) is 5.82 Å². The smallest absolute Gasteiger partial charge is 0.243 e. The zero-order valence-corrected chi connectivity index (χ0v) is 14.7. The van der Waals surface area contributed by atoms with Gasteiger partial charge in [0.25, 0.3) is 0 Å². The van der Waals surface area contributed by atoms with E-state index < -0.39 is 15.8 Å². The maximum absolute atomic E-state index is 13.6. The maximum Gasteiger partial charge on any atom is 0.243 e. The lowest BCUT2D eigenvalue weighted by Gasteiger charge is -2.29. The van der Waals surface area contributed by atoms with E-state index in [9.17, 15) is 17.6 Å². The predicted molar refractivity (Wildman–Crippen MR) is 87.7 cm³/mol. The third kappa shape index (κ3) is 4.63. The molecule has 1 amide bonds. The van der Waals surface area contributed by atoms with Crippen molar-refractivity contribution < 1.29 is 17.6 Å². The molecule has 0 spiro atoms. The van der Waals surface area contributed by atoms with Crippen LogP contribution in [0.15, 0.2) is 23.1 Å². The van der Waals surface area contributed by atoms with Gasteiger partial charge in [-0.1, -0.05) is 6.07 Å². The van der Waals surface area contributed by atoms with E-state index in [4.69, 9.17) is 0 Å². The molecule has 1 saturated heterocycles. The molecule has 9 heteroatoms. The van der Waals surface area contributed by atoms with Gasteiger partial charge in [0.15, 0.2) is 0 Å². The molecule has 1 aliphatic rings. The summed E-state index contributed by atoms with van der Waals surface area (Å²) in [6, 6.07) is 3.74. The summed E-state index contributed by atoms with van der Waals surface area (Å²) in [6.45, 7) is 3.83. The van der Waals surface area contributed by atoms with E-state index in [0.29, 0.717) is 31.7 Å². The van der Waals surface area contributed by atoms with Crippen molar-refractivity contribution in [2.75, 3.05) is 39.8 Å². The van der Waals surface area contributed by atoms with Gasteiger partial charge >= 0.3 is 0 Å². The van der Waals surface area contributed by atoms with E-state index in [0.717, 1.165) is 10.4 Å². The minimum Gasteiger partial charge on any atom is -0.339 e. The van der Waals surface area contributed by atoms with E-state index in [-0.39, 0.29) is 29.8 Å². The van der Waals surface area contributed by atoms with Gasteiger partial charge < -0.3 is 10.2 Å². The Hall–Kier alpha value is -1.22. The SMILES string of the molecule is Cc1ccc(S(=O)(=O)N(C)CC(=O)N2CCNCC2)cc1F.Cl. The zero-order chi connectivity index (χ0) is 16.3. The van der Waals surface area contributed by atoms with E-state index in [1.807, 2.05) is 0 Å². The predicted octanol–water partition coefficient (Wildman–Crippen LogP) is 0.608. The Bertz CT molecular complexity index is 663. The van der Waals surface area contributed by atoms with Gasteiger partial charge in [-0.25, -0.2) is 12.8 Å². The van der Waals surface area contributed by atoms with Gasteiger partial charge in [-0.15, -0.1) is 12.4 Å². The lowest BCUT2D eigenvalue weighted by molar-refractivity contribution is -0.131. The number of sulfonamides is 1. The highest BCUT2D eigenvalue weighted by molar-refractivity contribution is 7.89. The van der Waals surface area contributed by atoms with E-state index >= 15 is 0 Å². The molecular weight excluding hydrogens is 345 g/mol. The first-order valence-corrected chi connectivity index (χ1v) is 8.47. The van der Waals surface area contributed by atoms with Crippen LogP contribution in [0.4, 0.5) is 4.39 Å². The van der Waals surface area contributed by atoms with Crippen LogP contribution in [-0.2, 0) is 14.8 Å². The van der Waals surface area contributed by atoms with Crippen LogP contribution < -0.4 is 5.32 Å². The summed E-state index contributed by atoms with van der Waals surface area (Å²) in [7, 11) is -2.56. The van der Waals surface area contributed by atoms with Gasteiger partial charge in [-0.2, -0.15) is 4.31 Å². The van der Waals surface area contributed by atoms with Crippen molar-refractivity contribution in [1.29, 1.82) is 0 Å². The molecule has 0 radical (unpaired) electrons. The van der Waals surface area contributed by atoms with Crippen molar-refractivity contribution in [2.45, 2.75) is 11.8 Å². The fraction of sp³-hybridized carbons (Fsp3) is 0.500. The molecule has 0 atom stereocenters. The molecule has 23 heavy (non-hydrogen) atoms. The monoisotopic (exact) mass is 365 g/mol. The molecule has 1 fully saturated rings. The number of carbonyl (C=O) groups excluding carboxylic acids is 1. The minimum absolute atomic E-state index is 0. The second-order valence-electron chi connectivity index (χ2n) is 5.30. The molecule has 2 rings (SSSR count). The molecule has 0 saturated carbocycles. The highest BCUT2D eigenvalue weighted by atomic mass is 35.5. The van der Waals surface area contributed by atoms with Crippen LogP contribution in [0.2, 0.25) is 0 Å². The van der Waals surface area contributed by atoms with Gasteiger partial charge in [0, 0.05) is 33.2 Å². The number of hydrogen-bond donors (Lipinski definition) is 1. The van der Waals surface area contributed by atoms with E-state index in [2.05, 4.69) is 5.32 Å². The highest BCUT2D eigenvalue weighted by Gasteiger charge is 2.26. The molecule has 0 aromatic heterocycles. The molecule has 1 aromatic rings. The first-order valence-electron chi connectivity index (χ1n) is 7.03. The first kappa shape index (κ1) is 19.8. The number of benzene rings is 1. The quantitative estimate of drug-likeness (QED) is 0.848. The molecule has 6 nitrogen and oxygen atoms in total. The van der Waals surface area contributed by atoms with Gasteiger partial charge in [-0.3, -0.25) is 4.79 Å². The highest BCUT2D eigenvalue weighted by Crippen LogP contribution is 2.17. The number of aryl methyl sites for hydroxylation is 1. The summed E-state index contributed by atoms with van der Waals surface area (Å²) in [6.07, 6.45) is 0. The van der Waals surface area contributed by atoms with Gasteiger partial charge in [0.05, 0.1) is 11.4 Å². The van der Waals surface area contributed by atoms with Crippen molar-refractivity contribution in [3.8, 4) is 0 Å². The Morgan fingerprint density at radius 2 is 1.96 bits per heavy atom. The normalized spacial score (nSPS) is 15.4. The van der Waals surface area contributed by atoms with Gasteiger partial charge in [-0.05, 0) is 24.6 Å². The van der Waals surface area contributed by atoms with E-state index in [1.54, 1.807) is 11.8 Å². The van der Waals surface area contributed by atoms with Crippen LogP contribution in [0.5, 0.6) is 0 Å². The number of likely N-dealkylation sites (N-methyl/N-ethyl adjacent to an activating group) is 1. The van der Waals surface area contributed by atoms with Crippen molar-refractivity contribution in [2.24, 2.45) is 0 Å². The number of nitrogens with one attached hydrogen (secondary N) is 1. The van der Waals surface area contributed by atoms with Crippen molar-refractivity contribution in [3.63, 3.8) is 0 Å². The van der Waals surface area contributed by atoms with Gasteiger partial charge in [0.2, 0.25) is 15.9 Å². The Kier molecular flexibility index (Phi) is 6.94. The third-order valence-corrected chi connectivity index (χ3v) is 5.48. The standard InChI is InChI=1S/C14H20FN3O3S.ClH/c1-11-3-4-12(9-13(11)15)22(20,21)17(2)10-14(19)18-7-5-16-6-8-18;/h3-4,9,16H,5-8,10H2,1-2H3;1H. The van der Waals surface area contributed by atoms with Crippen LogP contribution >= 0.6 is 12.4 Å². The van der Waals surface area contributed by atoms with Crippen LogP contribution in [0.3, 0.4) is 0 Å². The zero-order valence-electron chi connectivity index (χ0n) is 13.1. The summed E-state index contributed by atoms with van der Waals surface area (Å²) in [5, 5.41) is 3.12. The third-order valence-electron chi connectivity index (χ3n) is 3.68. The molecule has 1 heterocycles. The Morgan fingerprint density at radius 3 is 2.52 bits per heavy atom. The number of hydrogen-bond acceptors (Lipinski definition) is 4. The summed E-state index contributed by atoms with van der Waals surface area (Å²) in [5.41, 5.74) is 0.374. The van der Waals surface area contributed by atoms with Crippen LogP contribution in [0.1, 0.15) is 5.56 Å². The Morgan fingerprint density at radius 1 is 1.35 bits per heavy atom. The number of amides is 1. The number of carbonyl (C=O) groups is 1. The average Bonchev–Trinajstić information content (AvgIpc) is 2.50. The average molecular weight is 366 g/mol. The Balaban J connectivity index is 0.00000264. The fourth-order valence-electron chi connectivity index (χ4n) is 2.20. The number of piperazine rings is 1. The second-order valence-corrected chi connectivity index (χ2v) is 7.35. The molecule has 130 valence electrons. The van der Waals surface area contributed by atoms with Crippen LogP contribution in [0.25, 0.3) is 0 Å². The summed E-state index contributed by atoms with van der Waals surface area (Å²) in [5.74, 6) is -0.830. The van der Waals surface area contributed by atoms with Crippen molar-refractivity contribution in [1.82, 2.24) is 14.5 Å². The van der Waals surface area contributed by atoms with Crippen molar-refractivity contribution >= 4 is 28.3 Å². The maximum atomic E-state index is 13.6. The number of nitrogens with zero attached hydrogens (tertiary/aromatic N) is 2. The Labute approximate surface area is 142 Å². The number of halogens is 2. The minimum atomic E-state index is -3.88. The summed E-state index contributed by atoms with van der Waals surface area (Å²) < 4.78 is 39.3. The van der Waals surface area contributed by atoms with Crippen LogP contribution in [-0.4, -0.2) is 63.3 Å². The molecule has 1 aromatic carbocycles. The van der Waals surface area contributed by atoms with Crippen LogP contribution in [0, 0.1) is 12.7 Å².